The van der Waals surface area contributed by atoms with E-state index in [1.54, 1.807) is 0 Å². The first-order chi connectivity index (χ1) is 12.9. The van der Waals surface area contributed by atoms with Crippen LogP contribution in [-0.4, -0.2) is 5.11 Å². The van der Waals surface area contributed by atoms with Crippen LogP contribution in [0.4, 0.5) is 0 Å². The predicted molar refractivity (Wildman–Crippen MR) is 128 cm³/mol. The summed E-state index contributed by atoms with van der Waals surface area (Å²) in [7, 11) is 0. The summed E-state index contributed by atoms with van der Waals surface area (Å²) >= 11 is 0. The second-order valence-corrected chi connectivity index (χ2v) is 12.6. The van der Waals surface area contributed by atoms with Crippen molar-refractivity contribution in [3.63, 3.8) is 0 Å². The third-order valence-electron chi connectivity index (χ3n) is 5.54. The molecule has 1 heteroatoms. The van der Waals surface area contributed by atoms with Gasteiger partial charge in [-0.25, -0.2) is 0 Å². The maximum Gasteiger partial charge on any atom is 0.127 e. The number of hydrogen-bond acceptors (Lipinski definition) is 1. The molecule has 0 fully saturated rings. The Morgan fingerprint density at radius 1 is 0.483 bits per heavy atom. The molecule has 0 amide bonds. The van der Waals surface area contributed by atoms with Gasteiger partial charge in [0.15, 0.2) is 0 Å². The Morgan fingerprint density at radius 3 is 1.17 bits per heavy atom. The van der Waals surface area contributed by atoms with E-state index in [4.69, 9.17) is 0 Å². The Morgan fingerprint density at radius 2 is 0.828 bits per heavy atom. The Bertz CT molecular complexity index is 874. The number of hydrogen-bond donors (Lipinski definition) is 1. The van der Waals surface area contributed by atoms with Crippen molar-refractivity contribution in [1.29, 1.82) is 0 Å². The van der Waals surface area contributed by atoms with Crippen LogP contribution >= 0.6 is 0 Å². The van der Waals surface area contributed by atoms with Crippen LogP contribution < -0.4 is 0 Å². The first-order valence-corrected chi connectivity index (χ1v) is 10.9. The molecule has 2 aromatic carbocycles. The second-order valence-electron chi connectivity index (χ2n) is 12.6. The molecule has 2 rings (SSSR count). The molecule has 0 saturated carbocycles. The van der Waals surface area contributed by atoms with Crippen LogP contribution in [0.15, 0.2) is 30.3 Å². The second kappa shape index (κ2) is 7.18. The van der Waals surface area contributed by atoms with E-state index in [2.05, 4.69) is 107 Å². The normalized spacial score (nSPS) is 13.7. The molecule has 0 bridgehead atoms. The highest BCUT2D eigenvalue weighted by Gasteiger charge is 2.40. The highest BCUT2D eigenvalue weighted by atomic mass is 16.3. The molecule has 0 aromatic heterocycles. The van der Waals surface area contributed by atoms with Crippen LogP contribution in [0.3, 0.4) is 0 Å². The van der Waals surface area contributed by atoms with E-state index >= 15 is 0 Å². The van der Waals surface area contributed by atoms with E-state index in [1.165, 1.54) is 16.7 Å². The van der Waals surface area contributed by atoms with Gasteiger partial charge in [0, 0.05) is 11.1 Å². The zero-order valence-corrected chi connectivity index (χ0v) is 20.8. The van der Waals surface area contributed by atoms with Gasteiger partial charge in [-0.2, -0.15) is 0 Å². The summed E-state index contributed by atoms with van der Waals surface area (Å²) in [6.45, 7) is 27.2. The third-order valence-corrected chi connectivity index (χ3v) is 5.54. The average Bonchev–Trinajstić information content (AvgIpc) is 2.50. The van der Waals surface area contributed by atoms with Crippen molar-refractivity contribution >= 4 is 0 Å². The predicted octanol–water partition coefficient (Wildman–Crippen LogP) is 8.25. The van der Waals surface area contributed by atoms with Crippen molar-refractivity contribution in [2.45, 2.75) is 105 Å². The summed E-state index contributed by atoms with van der Waals surface area (Å²) in [5.74, 6) is 0.451. The fourth-order valence-electron chi connectivity index (χ4n) is 4.60. The minimum Gasteiger partial charge on any atom is -0.507 e. The van der Waals surface area contributed by atoms with Gasteiger partial charge in [-0.3, -0.25) is 0 Å². The van der Waals surface area contributed by atoms with Crippen LogP contribution in [-0.2, 0) is 21.7 Å². The van der Waals surface area contributed by atoms with Gasteiger partial charge in [0.2, 0.25) is 0 Å². The first kappa shape index (κ1) is 23.5. The van der Waals surface area contributed by atoms with Crippen LogP contribution in [0.2, 0.25) is 0 Å². The summed E-state index contributed by atoms with van der Waals surface area (Å²) in [6, 6.07) is 10.4. The fourth-order valence-corrected chi connectivity index (χ4v) is 4.60. The molecule has 0 aliphatic carbocycles. The molecule has 0 aliphatic heterocycles. The van der Waals surface area contributed by atoms with E-state index in [1.807, 2.05) is 6.07 Å². The monoisotopic (exact) mass is 394 g/mol. The number of aromatic hydroxyl groups is 1. The Labute approximate surface area is 179 Å². The van der Waals surface area contributed by atoms with Crippen molar-refractivity contribution in [3.8, 4) is 16.9 Å². The number of phenols is 1. The Hall–Kier alpha value is -1.76. The van der Waals surface area contributed by atoms with Gasteiger partial charge in [-0.1, -0.05) is 113 Å². The number of benzene rings is 2. The van der Waals surface area contributed by atoms with Gasteiger partial charge in [-0.15, -0.1) is 0 Å². The van der Waals surface area contributed by atoms with Crippen molar-refractivity contribution in [3.05, 3.63) is 52.6 Å². The highest BCUT2D eigenvalue weighted by Crippen LogP contribution is 2.54. The molecule has 0 radical (unpaired) electrons. The molecule has 1 N–H and O–H groups in total. The van der Waals surface area contributed by atoms with Crippen molar-refractivity contribution in [2.75, 3.05) is 0 Å². The van der Waals surface area contributed by atoms with E-state index in [9.17, 15) is 5.11 Å². The number of phenolic OH excluding ortho intramolecular Hbond substituents is 1. The van der Waals surface area contributed by atoms with Gasteiger partial charge < -0.3 is 5.11 Å². The van der Waals surface area contributed by atoms with Gasteiger partial charge in [0.1, 0.15) is 5.75 Å². The van der Waals surface area contributed by atoms with Crippen molar-refractivity contribution in [2.24, 2.45) is 0 Å². The maximum atomic E-state index is 11.9. The van der Waals surface area contributed by atoms with E-state index in [0.717, 1.165) is 16.7 Å². The van der Waals surface area contributed by atoms with E-state index < -0.39 is 0 Å². The lowest BCUT2D eigenvalue weighted by molar-refractivity contribution is 0.422. The molecule has 2 aromatic rings. The molecular weight excluding hydrogens is 352 g/mol. The SMILES string of the molecule is CC(C)(C)c1c(O)c(-c2ccccc2)c(C(C)(C)C)c(C(C)(C)C)c1C(C)(C)C. The lowest BCUT2D eigenvalue weighted by Crippen LogP contribution is -2.33. The van der Waals surface area contributed by atoms with Crippen LogP contribution in [0.1, 0.15) is 105 Å². The van der Waals surface area contributed by atoms with Gasteiger partial charge in [0.05, 0.1) is 0 Å². The summed E-state index contributed by atoms with van der Waals surface area (Å²) in [6.07, 6.45) is 0. The zero-order chi connectivity index (χ0) is 22.6. The van der Waals surface area contributed by atoms with E-state index in [-0.39, 0.29) is 21.7 Å². The minimum atomic E-state index is -0.174. The van der Waals surface area contributed by atoms with Crippen LogP contribution in [0, 0.1) is 0 Å². The Balaban J connectivity index is 3.33. The third kappa shape index (κ3) is 4.55. The standard InChI is InChI=1S/C28H42O/c1-25(2,3)20-19(18-16-14-13-15-17-18)24(29)23(28(10,11)12)22(27(7,8)9)21(20)26(4,5)6/h13-17,29H,1-12H3. The molecule has 160 valence electrons. The zero-order valence-electron chi connectivity index (χ0n) is 20.8. The maximum absolute atomic E-state index is 11.9. The molecule has 0 aliphatic rings. The average molecular weight is 395 g/mol. The molecule has 0 saturated heterocycles. The molecular formula is C28H42O. The molecule has 0 spiro atoms. The largest absolute Gasteiger partial charge is 0.507 e. The fraction of sp³-hybridized carbons (Fsp3) is 0.571. The summed E-state index contributed by atoms with van der Waals surface area (Å²) in [5, 5.41) is 11.9. The minimum absolute atomic E-state index is 0.0531. The van der Waals surface area contributed by atoms with Gasteiger partial charge >= 0.3 is 0 Å². The topological polar surface area (TPSA) is 20.2 Å². The quantitative estimate of drug-likeness (QED) is 0.516. The smallest absolute Gasteiger partial charge is 0.127 e. The van der Waals surface area contributed by atoms with Crippen LogP contribution in [0.5, 0.6) is 5.75 Å². The molecule has 29 heavy (non-hydrogen) atoms. The highest BCUT2D eigenvalue weighted by molar-refractivity contribution is 5.81. The molecule has 0 heterocycles. The van der Waals surface area contributed by atoms with Crippen molar-refractivity contribution in [1.82, 2.24) is 0 Å². The molecule has 0 atom stereocenters. The van der Waals surface area contributed by atoms with E-state index in [0.29, 0.717) is 5.75 Å². The van der Waals surface area contributed by atoms with Crippen LogP contribution in [0.25, 0.3) is 11.1 Å². The first-order valence-electron chi connectivity index (χ1n) is 10.9. The lowest BCUT2D eigenvalue weighted by atomic mass is 9.62. The Kier molecular flexibility index (Phi) is 5.83. The summed E-state index contributed by atoms with van der Waals surface area (Å²) in [5.41, 5.74) is 6.72. The number of rotatable bonds is 1. The van der Waals surface area contributed by atoms with Crippen molar-refractivity contribution < 1.29 is 5.11 Å². The summed E-state index contributed by atoms with van der Waals surface area (Å²) in [4.78, 5) is 0. The summed E-state index contributed by atoms with van der Waals surface area (Å²) < 4.78 is 0. The molecule has 0 unspecified atom stereocenters. The lowest BCUT2D eigenvalue weighted by Gasteiger charge is -2.42. The van der Waals surface area contributed by atoms with Gasteiger partial charge in [-0.05, 0) is 43.9 Å². The molecule has 1 nitrogen and oxygen atoms in total. The van der Waals surface area contributed by atoms with Gasteiger partial charge in [0.25, 0.3) is 0 Å².